The standard InChI is InChI=1S/C61H115NO8/c1-3-5-7-9-11-13-15-17-19-21-23-25-26-27-28-29-31-33-35-37-39-41-43-45-47-49-51-57(65)62-54(53-69-61-60(68)59(67)58(66)56(52-63)70-61)55(64)50-48-46-44-42-40-38-36-34-32-30-24-22-20-18-16-14-12-10-8-6-4-2/h32,34,40,42,48,50,54-56,58-61,63-64,66-68H,3-31,33,35-39,41,43-47,49,51-53H2,1-2H3,(H,62,65)/b34-32+,42-40+,50-48+. The molecule has 412 valence electrons. The largest absolute Gasteiger partial charge is 0.394 e. The molecule has 0 aliphatic carbocycles. The van der Waals surface area contributed by atoms with Crippen LogP contribution in [0.5, 0.6) is 0 Å². The van der Waals surface area contributed by atoms with Crippen LogP contribution in [0.2, 0.25) is 0 Å². The monoisotopic (exact) mass is 990 g/mol. The topological polar surface area (TPSA) is 149 Å². The number of rotatable bonds is 52. The van der Waals surface area contributed by atoms with E-state index in [1.165, 1.54) is 225 Å². The van der Waals surface area contributed by atoms with Gasteiger partial charge in [-0.2, -0.15) is 0 Å². The van der Waals surface area contributed by atoms with Gasteiger partial charge in [-0.05, 0) is 44.9 Å². The van der Waals surface area contributed by atoms with Crippen LogP contribution in [0.4, 0.5) is 0 Å². The van der Waals surface area contributed by atoms with Crippen LogP contribution in [0.25, 0.3) is 0 Å². The predicted molar refractivity (Wildman–Crippen MR) is 295 cm³/mol. The number of hydrogen-bond donors (Lipinski definition) is 6. The lowest BCUT2D eigenvalue weighted by Crippen LogP contribution is -2.60. The summed E-state index contributed by atoms with van der Waals surface area (Å²) in [6.07, 6.45) is 59.4. The zero-order valence-corrected chi connectivity index (χ0v) is 45.8. The zero-order valence-electron chi connectivity index (χ0n) is 45.8. The van der Waals surface area contributed by atoms with Crippen molar-refractivity contribution in [2.45, 2.75) is 333 Å². The number of aliphatic hydroxyl groups excluding tert-OH is 5. The molecule has 1 amide bonds. The molecule has 0 radical (unpaired) electrons. The van der Waals surface area contributed by atoms with Gasteiger partial charge in [-0.15, -0.1) is 0 Å². The number of aliphatic hydroxyl groups is 5. The summed E-state index contributed by atoms with van der Waals surface area (Å²) in [7, 11) is 0. The third kappa shape index (κ3) is 39.9. The molecule has 70 heavy (non-hydrogen) atoms. The Bertz CT molecular complexity index is 1190. The molecule has 1 rings (SSSR count). The summed E-state index contributed by atoms with van der Waals surface area (Å²) in [4.78, 5) is 13.1. The fraction of sp³-hybridized carbons (Fsp3) is 0.885. The first-order valence-corrected chi connectivity index (χ1v) is 30.2. The predicted octanol–water partition coefficient (Wildman–Crippen LogP) is 15.1. The van der Waals surface area contributed by atoms with E-state index in [0.29, 0.717) is 6.42 Å². The van der Waals surface area contributed by atoms with Crippen molar-refractivity contribution in [2.75, 3.05) is 13.2 Å². The molecule has 0 aromatic heterocycles. The van der Waals surface area contributed by atoms with Gasteiger partial charge in [-0.3, -0.25) is 4.79 Å². The van der Waals surface area contributed by atoms with Crippen molar-refractivity contribution >= 4 is 5.91 Å². The molecule has 0 spiro atoms. The van der Waals surface area contributed by atoms with Crippen molar-refractivity contribution in [3.8, 4) is 0 Å². The number of amides is 1. The van der Waals surface area contributed by atoms with Gasteiger partial charge in [0, 0.05) is 6.42 Å². The van der Waals surface area contributed by atoms with Crippen LogP contribution in [-0.2, 0) is 14.3 Å². The molecule has 1 heterocycles. The summed E-state index contributed by atoms with van der Waals surface area (Å²) >= 11 is 0. The molecular formula is C61H115NO8. The first kappa shape index (κ1) is 66.4. The maximum Gasteiger partial charge on any atom is 0.220 e. The van der Waals surface area contributed by atoms with Gasteiger partial charge in [-0.25, -0.2) is 0 Å². The molecule has 7 unspecified atom stereocenters. The lowest BCUT2D eigenvalue weighted by molar-refractivity contribution is -0.302. The van der Waals surface area contributed by atoms with Gasteiger partial charge in [0.15, 0.2) is 6.29 Å². The third-order valence-corrected chi connectivity index (χ3v) is 14.4. The number of carbonyl (C=O) groups excluding carboxylic acids is 1. The highest BCUT2D eigenvalue weighted by Crippen LogP contribution is 2.23. The van der Waals surface area contributed by atoms with E-state index in [2.05, 4.69) is 43.5 Å². The first-order valence-electron chi connectivity index (χ1n) is 30.2. The molecule has 0 aromatic rings. The molecule has 0 bridgehead atoms. The second kappa shape index (κ2) is 50.9. The smallest absolute Gasteiger partial charge is 0.220 e. The molecule has 0 saturated carbocycles. The van der Waals surface area contributed by atoms with Gasteiger partial charge < -0.3 is 40.3 Å². The SMILES string of the molecule is CCCCCCCCCCCCC/C=C/CC/C=C/CC/C=C/C(O)C(COC1OC(CO)C(O)C(O)C1O)NC(=O)CCCCCCCCCCCCCCCCCCCCCCCCCCCC. The van der Waals surface area contributed by atoms with E-state index in [9.17, 15) is 30.3 Å². The lowest BCUT2D eigenvalue weighted by atomic mass is 9.99. The third-order valence-electron chi connectivity index (χ3n) is 14.4. The van der Waals surface area contributed by atoms with E-state index in [1.807, 2.05) is 6.08 Å². The van der Waals surface area contributed by atoms with Crippen LogP contribution in [0.15, 0.2) is 36.5 Å². The Morgan fingerprint density at radius 3 is 1.20 bits per heavy atom. The van der Waals surface area contributed by atoms with Crippen LogP contribution in [0.3, 0.4) is 0 Å². The maximum absolute atomic E-state index is 13.1. The molecule has 1 aliphatic heterocycles. The van der Waals surface area contributed by atoms with E-state index in [0.717, 1.165) is 44.9 Å². The van der Waals surface area contributed by atoms with Crippen molar-refractivity contribution in [1.82, 2.24) is 5.32 Å². The Labute approximate surface area is 431 Å². The Kier molecular flexibility index (Phi) is 48.3. The van der Waals surface area contributed by atoms with Crippen molar-refractivity contribution < 1.29 is 39.8 Å². The fourth-order valence-electron chi connectivity index (χ4n) is 9.66. The lowest BCUT2D eigenvalue weighted by Gasteiger charge is -2.40. The number of unbranched alkanes of at least 4 members (excludes halogenated alkanes) is 38. The summed E-state index contributed by atoms with van der Waals surface area (Å²) in [6, 6.07) is -0.826. The minimum absolute atomic E-state index is 0.185. The summed E-state index contributed by atoms with van der Waals surface area (Å²) in [5.74, 6) is -0.185. The maximum atomic E-state index is 13.1. The molecule has 9 nitrogen and oxygen atoms in total. The molecule has 7 atom stereocenters. The number of hydrogen-bond acceptors (Lipinski definition) is 8. The Morgan fingerprint density at radius 2 is 0.814 bits per heavy atom. The van der Waals surface area contributed by atoms with Gasteiger partial charge >= 0.3 is 0 Å². The highest BCUT2D eigenvalue weighted by atomic mass is 16.7. The van der Waals surface area contributed by atoms with E-state index in [4.69, 9.17) is 9.47 Å². The number of carbonyl (C=O) groups is 1. The molecular weight excluding hydrogens is 875 g/mol. The van der Waals surface area contributed by atoms with Gasteiger partial charge in [-0.1, -0.05) is 275 Å². The van der Waals surface area contributed by atoms with Crippen molar-refractivity contribution in [3.05, 3.63) is 36.5 Å². The summed E-state index contributed by atoms with van der Waals surface area (Å²) in [6.45, 7) is 3.79. The number of nitrogens with one attached hydrogen (secondary N) is 1. The Balaban J connectivity index is 2.22. The Morgan fingerprint density at radius 1 is 0.471 bits per heavy atom. The molecule has 6 N–H and O–H groups in total. The van der Waals surface area contributed by atoms with E-state index in [1.54, 1.807) is 6.08 Å². The summed E-state index contributed by atoms with van der Waals surface area (Å²) in [5.41, 5.74) is 0. The van der Waals surface area contributed by atoms with E-state index < -0.39 is 49.5 Å². The van der Waals surface area contributed by atoms with Gasteiger partial charge in [0.25, 0.3) is 0 Å². The normalized spacial score (nSPS) is 19.6. The molecule has 1 aliphatic rings. The van der Waals surface area contributed by atoms with Crippen LogP contribution < -0.4 is 5.32 Å². The van der Waals surface area contributed by atoms with Crippen LogP contribution >= 0.6 is 0 Å². The highest BCUT2D eigenvalue weighted by Gasteiger charge is 2.44. The van der Waals surface area contributed by atoms with Crippen molar-refractivity contribution in [2.24, 2.45) is 0 Å². The minimum Gasteiger partial charge on any atom is -0.394 e. The second-order valence-corrected chi connectivity index (χ2v) is 21.1. The van der Waals surface area contributed by atoms with E-state index in [-0.39, 0.29) is 12.5 Å². The number of allylic oxidation sites excluding steroid dienone is 5. The fourth-order valence-corrected chi connectivity index (χ4v) is 9.66. The van der Waals surface area contributed by atoms with Crippen LogP contribution in [-0.4, -0.2) is 87.5 Å². The van der Waals surface area contributed by atoms with Gasteiger partial charge in [0.1, 0.15) is 24.4 Å². The molecule has 9 heteroatoms. The van der Waals surface area contributed by atoms with Crippen molar-refractivity contribution in [3.63, 3.8) is 0 Å². The highest BCUT2D eigenvalue weighted by molar-refractivity contribution is 5.76. The van der Waals surface area contributed by atoms with E-state index >= 15 is 0 Å². The van der Waals surface area contributed by atoms with Gasteiger partial charge in [0.2, 0.25) is 5.91 Å². The second-order valence-electron chi connectivity index (χ2n) is 21.1. The first-order chi connectivity index (χ1) is 34.3. The quantitative estimate of drug-likeness (QED) is 0.0261. The summed E-state index contributed by atoms with van der Waals surface area (Å²) in [5, 5.41) is 54.5. The molecule has 1 saturated heterocycles. The van der Waals surface area contributed by atoms with Crippen LogP contribution in [0, 0.1) is 0 Å². The average molecular weight is 991 g/mol. The number of ether oxygens (including phenoxy) is 2. The van der Waals surface area contributed by atoms with Crippen molar-refractivity contribution in [1.29, 1.82) is 0 Å². The summed E-state index contributed by atoms with van der Waals surface area (Å²) < 4.78 is 11.3. The average Bonchev–Trinajstić information content (AvgIpc) is 3.36. The Hall–Kier alpha value is -1.59. The zero-order chi connectivity index (χ0) is 50.8. The minimum atomic E-state index is -1.57. The molecule has 1 fully saturated rings. The van der Waals surface area contributed by atoms with Crippen LogP contribution in [0.1, 0.15) is 290 Å². The van der Waals surface area contributed by atoms with Gasteiger partial charge in [0.05, 0.1) is 25.4 Å². The molecule has 0 aromatic carbocycles.